The molecule has 0 amide bonds. The number of rotatable bonds is 43. The molecule has 0 aromatic carbocycles. The monoisotopic (exact) mass is 672 g/mol. The summed E-state index contributed by atoms with van der Waals surface area (Å²) < 4.78 is 71.5. The van der Waals surface area contributed by atoms with Crippen LogP contribution in [0, 0.1) is 0 Å². The summed E-state index contributed by atoms with van der Waals surface area (Å²) in [5.74, 6) is 0. The van der Waals surface area contributed by atoms with E-state index in [4.69, 9.17) is 52.1 Å². The molecular weight excluding hydrogens is 603 g/mol. The maximum absolute atomic E-state index is 11.8. The van der Waals surface area contributed by atoms with Crippen LogP contribution in [0.5, 0.6) is 0 Å². The van der Waals surface area contributed by atoms with Crippen molar-refractivity contribution in [3.8, 4) is 0 Å². The van der Waals surface area contributed by atoms with Crippen LogP contribution in [0.25, 0.3) is 0 Å². The molecule has 0 atom stereocenters. The third-order valence-corrected chi connectivity index (χ3v) is 6.58. The summed E-state index contributed by atoms with van der Waals surface area (Å²) >= 11 is 0. The molecule has 0 N–H and O–H groups in total. The van der Waals surface area contributed by atoms with Crippen LogP contribution in [0.3, 0.4) is 0 Å². The number of halogens is 1. The van der Waals surface area contributed by atoms with Gasteiger partial charge in [-0.25, -0.2) is 4.39 Å². The van der Waals surface area contributed by atoms with Crippen molar-refractivity contribution in [3.63, 3.8) is 0 Å². The van der Waals surface area contributed by atoms with E-state index in [1.165, 1.54) is 57.8 Å². The van der Waals surface area contributed by atoms with Gasteiger partial charge in [-0.3, -0.25) is 0 Å². The van der Waals surface area contributed by atoms with Gasteiger partial charge in [0.1, 0.15) is 6.67 Å². The van der Waals surface area contributed by atoms with Crippen molar-refractivity contribution >= 4 is 0 Å². The van der Waals surface area contributed by atoms with Gasteiger partial charge in [-0.05, 0) is 6.42 Å². The summed E-state index contributed by atoms with van der Waals surface area (Å²) in [5, 5.41) is 0. The van der Waals surface area contributed by atoms with Gasteiger partial charge in [0.15, 0.2) is 0 Å². The highest BCUT2D eigenvalue weighted by Gasteiger charge is 1.97. The topological polar surface area (TPSA) is 102 Å². The molecule has 0 aliphatic rings. The zero-order chi connectivity index (χ0) is 33.1. The predicted octanol–water partition coefficient (Wildman–Crippen LogP) is 5.06. The molecule has 46 heavy (non-hydrogen) atoms. The summed E-state index contributed by atoms with van der Waals surface area (Å²) in [4.78, 5) is 0. The second-order valence-electron chi connectivity index (χ2n) is 10.6. The van der Waals surface area contributed by atoms with Gasteiger partial charge in [0.25, 0.3) is 0 Å². The molecule has 0 aromatic rings. The molecule has 0 bridgehead atoms. The summed E-state index contributed by atoms with van der Waals surface area (Å²) in [7, 11) is 0. The van der Waals surface area contributed by atoms with Crippen molar-refractivity contribution in [3.05, 3.63) is 0 Å². The van der Waals surface area contributed by atoms with Gasteiger partial charge in [0.2, 0.25) is 0 Å². The number of alkyl halides is 1. The molecule has 0 rings (SSSR count). The molecule has 0 saturated carbocycles. The highest BCUT2D eigenvalue weighted by atomic mass is 19.1. The molecule has 0 aromatic heterocycles. The van der Waals surface area contributed by atoms with E-state index >= 15 is 0 Å². The van der Waals surface area contributed by atoms with Crippen molar-refractivity contribution < 1.29 is 56.5 Å². The molecule has 0 aliphatic heterocycles. The lowest BCUT2D eigenvalue weighted by molar-refractivity contribution is -0.0276. The maximum Gasteiger partial charge on any atom is 0.113 e. The summed E-state index contributed by atoms with van der Waals surface area (Å²) in [6.07, 6.45) is 13.4. The van der Waals surface area contributed by atoms with Gasteiger partial charge >= 0.3 is 0 Å². The Morgan fingerprint density at radius 1 is 0.239 bits per heavy atom. The van der Waals surface area contributed by atoms with Crippen LogP contribution in [0.4, 0.5) is 4.39 Å². The van der Waals surface area contributed by atoms with E-state index in [2.05, 4.69) is 6.92 Å². The first-order valence-electron chi connectivity index (χ1n) is 17.8. The van der Waals surface area contributed by atoms with Crippen molar-refractivity contribution in [2.45, 2.75) is 71.1 Å². The van der Waals surface area contributed by atoms with Crippen LogP contribution in [0.2, 0.25) is 0 Å². The average Bonchev–Trinajstić information content (AvgIpc) is 3.07. The lowest BCUT2D eigenvalue weighted by Gasteiger charge is -2.09. The lowest BCUT2D eigenvalue weighted by Crippen LogP contribution is -2.15. The van der Waals surface area contributed by atoms with Crippen molar-refractivity contribution in [1.29, 1.82) is 0 Å². The van der Waals surface area contributed by atoms with Gasteiger partial charge in [0.05, 0.1) is 139 Å². The standard InChI is InChI=1S/C34H69FO11/c1-2-3-4-5-6-7-8-9-10-11-13-36-15-17-38-19-21-40-23-25-42-27-29-44-31-33-46-34-32-45-30-28-43-26-24-41-22-20-39-18-16-37-14-12-35/h2-34H2,1H3. The first kappa shape index (κ1) is 45.5. The lowest BCUT2D eigenvalue weighted by atomic mass is 10.1. The molecule has 0 radical (unpaired) electrons. The minimum absolute atomic E-state index is 0.117. The first-order valence-corrected chi connectivity index (χ1v) is 17.8. The second-order valence-corrected chi connectivity index (χ2v) is 10.6. The molecule has 0 saturated heterocycles. The quantitative estimate of drug-likeness (QED) is 0.0813. The van der Waals surface area contributed by atoms with Gasteiger partial charge < -0.3 is 52.1 Å². The summed E-state index contributed by atoms with van der Waals surface area (Å²) in [6.45, 7) is 13.1. The minimum atomic E-state index is -0.471. The highest BCUT2D eigenvalue weighted by Crippen LogP contribution is 2.10. The Hall–Kier alpha value is -0.510. The van der Waals surface area contributed by atoms with Crippen molar-refractivity contribution in [2.24, 2.45) is 0 Å². The average molecular weight is 673 g/mol. The van der Waals surface area contributed by atoms with Gasteiger partial charge in [-0.2, -0.15) is 0 Å². The fourth-order valence-corrected chi connectivity index (χ4v) is 4.05. The molecule has 11 nitrogen and oxygen atoms in total. The second kappa shape index (κ2) is 44.5. The van der Waals surface area contributed by atoms with Crippen LogP contribution in [-0.2, 0) is 52.1 Å². The molecular formula is C34H69FO11. The smallest absolute Gasteiger partial charge is 0.113 e. The zero-order valence-electron chi connectivity index (χ0n) is 29.2. The van der Waals surface area contributed by atoms with Crippen molar-refractivity contribution in [1.82, 2.24) is 0 Å². The first-order chi connectivity index (χ1) is 22.9. The highest BCUT2D eigenvalue weighted by molar-refractivity contribution is 4.47. The summed E-state index contributed by atoms with van der Waals surface area (Å²) in [5.41, 5.74) is 0. The molecule has 12 heteroatoms. The normalized spacial score (nSPS) is 11.6. The third kappa shape index (κ3) is 43.5. The van der Waals surface area contributed by atoms with Crippen LogP contribution >= 0.6 is 0 Å². The van der Waals surface area contributed by atoms with E-state index in [0.29, 0.717) is 132 Å². The van der Waals surface area contributed by atoms with E-state index < -0.39 is 6.67 Å². The Bertz CT molecular complexity index is 479. The number of hydrogen-bond acceptors (Lipinski definition) is 11. The SMILES string of the molecule is CCCCCCCCCCCCOCCOCCOCCOCCOCCOCCOCCOCCOCCOCCOCCF. The van der Waals surface area contributed by atoms with E-state index in [1.807, 2.05) is 0 Å². The Kier molecular flexibility index (Phi) is 44.0. The predicted molar refractivity (Wildman–Crippen MR) is 177 cm³/mol. The van der Waals surface area contributed by atoms with E-state index in [0.717, 1.165) is 13.0 Å². The molecule has 0 fully saturated rings. The Morgan fingerprint density at radius 2 is 0.435 bits per heavy atom. The number of ether oxygens (including phenoxy) is 11. The third-order valence-electron chi connectivity index (χ3n) is 6.58. The summed E-state index contributed by atoms with van der Waals surface area (Å²) in [6, 6.07) is 0. The van der Waals surface area contributed by atoms with Crippen LogP contribution in [-0.4, -0.2) is 152 Å². The van der Waals surface area contributed by atoms with E-state index in [9.17, 15) is 4.39 Å². The Balaban J connectivity index is 3.03. The van der Waals surface area contributed by atoms with E-state index in [-0.39, 0.29) is 6.61 Å². The Labute approximate surface area is 279 Å². The maximum atomic E-state index is 11.8. The molecule has 0 unspecified atom stereocenters. The van der Waals surface area contributed by atoms with Gasteiger partial charge in [-0.15, -0.1) is 0 Å². The van der Waals surface area contributed by atoms with Gasteiger partial charge in [-0.1, -0.05) is 64.7 Å². The number of hydrogen-bond donors (Lipinski definition) is 0. The minimum Gasteiger partial charge on any atom is -0.379 e. The van der Waals surface area contributed by atoms with E-state index in [1.54, 1.807) is 0 Å². The molecule has 278 valence electrons. The van der Waals surface area contributed by atoms with Crippen LogP contribution < -0.4 is 0 Å². The largest absolute Gasteiger partial charge is 0.379 e. The van der Waals surface area contributed by atoms with Crippen molar-refractivity contribution in [2.75, 3.05) is 152 Å². The fraction of sp³-hybridized carbons (Fsp3) is 1.00. The fourth-order valence-electron chi connectivity index (χ4n) is 4.05. The molecule has 0 heterocycles. The zero-order valence-corrected chi connectivity index (χ0v) is 29.2. The molecule has 0 spiro atoms. The van der Waals surface area contributed by atoms with Crippen LogP contribution in [0.15, 0.2) is 0 Å². The Morgan fingerprint density at radius 3 is 0.674 bits per heavy atom. The number of unbranched alkanes of at least 4 members (excludes halogenated alkanes) is 9. The van der Waals surface area contributed by atoms with Gasteiger partial charge in [0, 0.05) is 6.61 Å². The van der Waals surface area contributed by atoms with Crippen LogP contribution in [0.1, 0.15) is 71.1 Å². The molecule has 0 aliphatic carbocycles.